The predicted molar refractivity (Wildman–Crippen MR) is 133 cm³/mol. The Bertz CT molecular complexity index is 871. The van der Waals surface area contributed by atoms with Crippen LogP contribution in [0.1, 0.15) is 23.2 Å². The molecule has 0 saturated heterocycles. The molecule has 0 aliphatic heterocycles. The molecule has 0 unspecified atom stereocenters. The minimum atomic E-state index is 0. The zero-order valence-electron chi connectivity index (χ0n) is 17.3. The van der Waals surface area contributed by atoms with E-state index in [-0.39, 0.29) is 24.0 Å². The van der Waals surface area contributed by atoms with Crippen LogP contribution >= 0.6 is 24.0 Å². The summed E-state index contributed by atoms with van der Waals surface area (Å²) in [5.74, 6) is 1.65. The molecule has 1 aromatic heterocycles. The zero-order chi connectivity index (χ0) is 20.2. The van der Waals surface area contributed by atoms with Crippen molar-refractivity contribution in [3.8, 4) is 5.75 Å². The summed E-state index contributed by atoms with van der Waals surface area (Å²) in [6, 6.07) is 24.4. The Labute approximate surface area is 196 Å². The SMILES string of the molecule is CN=C(NCCCc1ccccc1)NCc1ccc(OCc2ccccn2)cc1.I. The highest BCUT2D eigenvalue weighted by atomic mass is 127. The summed E-state index contributed by atoms with van der Waals surface area (Å²) in [5, 5.41) is 6.72. The van der Waals surface area contributed by atoms with Crippen molar-refractivity contribution in [2.24, 2.45) is 4.99 Å². The molecule has 2 N–H and O–H groups in total. The first kappa shape index (κ1) is 23.7. The third-order valence-corrected chi connectivity index (χ3v) is 4.50. The maximum Gasteiger partial charge on any atom is 0.191 e. The minimum absolute atomic E-state index is 0. The number of ether oxygens (including phenoxy) is 1. The molecule has 0 amide bonds. The first-order valence-electron chi connectivity index (χ1n) is 9.93. The van der Waals surface area contributed by atoms with E-state index < -0.39 is 0 Å². The van der Waals surface area contributed by atoms with E-state index in [2.05, 4.69) is 57.0 Å². The highest BCUT2D eigenvalue weighted by molar-refractivity contribution is 14.0. The number of halogens is 1. The number of aromatic nitrogens is 1. The molecule has 0 fully saturated rings. The van der Waals surface area contributed by atoms with Gasteiger partial charge in [0.05, 0.1) is 5.69 Å². The standard InChI is InChI=1S/C24H28N4O.HI/c1-25-24(27-17-7-10-20-8-3-2-4-9-20)28-18-21-12-14-23(15-13-21)29-19-22-11-5-6-16-26-22;/h2-6,8-9,11-16H,7,10,17-19H2,1H3,(H2,25,27,28);1H. The average Bonchev–Trinajstić information content (AvgIpc) is 2.79. The van der Waals surface area contributed by atoms with Gasteiger partial charge in [0.1, 0.15) is 12.4 Å². The molecule has 0 radical (unpaired) electrons. The second-order valence-electron chi connectivity index (χ2n) is 6.70. The van der Waals surface area contributed by atoms with Gasteiger partial charge in [-0.25, -0.2) is 0 Å². The molecular weight excluding hydrogens is 487 g/mol. The normalized spacial score (nSPS) is 10.8. The van der Waals surface area contributed by atoms with Gasteiger partial charge in [-0.1, -0.05) is 48.5 Å². The van der Waals surface area contributed by atoms with Gasteiger partial charge in [0.25, 0.3) is 0 Å². The summed E-state index contributed by atoms with van der Waals surface area (Å²) < 4.78 is 5.78. The monoisotopic (exact) mass is 516 g/mol. The summed E-state index contributed by atoms with van der Waals surface area (Å²) in [5.41, 5.74) is 3.45. The van der Waals surface area contributed by atoms with Crippen molar-refractivity contribution >= 4 is 29.9 Å². The maximum atomic E-state index is 5.78. The van der Waals surface area contributed by atoms with E-state index in [1.807, 2.05) is 36.4 Å². The van der Waals surface area contributed by atoms with Crippen LogP contribution in [0.5, 0.6) is 5.75 Å². The molecule has 0 aliphatic rings. The molecule has 158 valence electrons. The molecule has 2 aromatic carbocycles. The second kappa shape index (κ2) is 13.6. The number of rotatable bonds is 9. The van der Waals surface area contributed by atoms with Gasteiger partial charge < -0.3 is 15.4 Å². The quantitative estimate of drug-likeness (QED) is 0.189. The van der Waals surface area contributed by atoms with Crippen molar-refractivity contribution in [3.63, 3.8) is 0 Å². The summed E-state index contributed by atoms with van der Waals surface area (Å²) in [6.07, 6.45) is 3.90. The molecule has 0 saturated carbocycles. The van der Waals surface area contributed by atoms with Crippen LogP contribution < -0.4 is 15.4 Å². The van der Waals surface area contributed by atoms with E-state index in [0.717, 1.165) is 36.8 Å². The molecule has 6 heteroatoms. The van der Waals surface area contributed by atoms with Crippen molar-refractivity contribution in [2.75, 3.05) is 13.6 Å². The largest absolute Gasteiger partial charge is 0.487 e. The molecule has 3 aromatic rings. The lowest BCUT2D eigenvalue weighted by atomic mass is 10.1. The summed E-state index contributed by atoms with van der Waals surface area (Å²) in [7, 11) is 1.79. The Balaban J connectivity index is 0.00000320. The third kappa shape index (κ3) is 8.41. The first-order chi connectivity index (χ1) is 14.3. The van der Waals surface area contributed by atoms with Crippen LogP contribution in [-0.4, -0.2) is 24.5 Å². The number of nitrogens with one attached hydrogen (secondary N) is 2. The van der Waals surface area contributed by atoms with Crippen LogP contribution in [0, 0.1) is 0 Å². The number of aryl methyl sites for hydroxylation is 1. The molecule has 3 rings (SSSR count). The van der Waals surface area contributed by atoms with Crippen molar-refractivity contribution < 1.29 is 4.74 Å². The van der Waals surface area contributed by atoms with Gasteiger partial charge in [-0.05, 0) is 48.2 Å². The van der Waals surface area contributed by atoms with Gasteiger partial charge in [0.15, 0.2) is 5.96 Å². The topological polar surface area (TPSA) is 58.5 Å². The predicted octanol–water partition coefficient (Wildman–Crippen LogP) is 4.58. The number of hydrogen-bond acceptors (Lipinski definition) is 3. The molecule has 5 nitrogen and oxygen atoms in total. The first-order valence-corrected chi connectivity index (χ1v) is 9.93. The van der Waals surface area contributed by atoms with E-state index in [1.54, 1.807) is 13.2 Å². The van der Waals surface area contributed by atoms with Gasteiger partial charge in [0, 0.05) is 26.3 Å². The summed E-state index contributed by atoms with van der Waals surface area (Å²) in [4.78, 5) is 8.55. The van der Waals surface area contributed by atoms with Crippen molar-refractivity contribution in [2.45, 2.75) is 26.0 Å². The number of hydrogen-bond donors (Lipinski definition) is 2. The molecule has 0 bridgehead atoms. The second-order valence-corrected chi connectivity index (χ2v) is 6.70. The summed E-state index contributed by atoms with van der Waals surface area (Å²) >= 11 is 0. The maximum absolute atomic E-state index is 5.78. The molecule has 0 spiro atoms. The van der Waals surface area contributed by atoms with Crippen molar-refractivity contribution in [1.29, 1.82) is 0 Å². The average molecular weight is 516 g/mol. The van der Waals surface area contributed by atoms with E-state index in [1.165, 1.54) is 11.1 Å². The van der Waals surface area contributed by atoms with Gasteiger partial charge in [-0.15, -0.1) is 24.0 Å². The minimum Gasteiger partial charge on any atom is -0.487 e. The van der Waals surface area contributed by atoms with Crippen LogP contribution in [0.2, 0.25) is 0 Å². The fraction of sp³-hybridized carbons (Fsp3) is 0.250. The lowest BCUT2D eigenvalue weighted by Gasteiger charge is -2.12. The van der Waals surface area contributed by atoms with Gasteiger partial charge in [0.2, 0.25) is 0 Å². The Hall–Kier alpha value is -2.61. The molecule has 1 heterocycles. The van der Waals surface area contributed by atoms with E-state index in [9.17, 15) is 0 Å². The van der Waals surface area contributed by atoms with Crippen LogP contribution in [0.3, 0.4) is 0 Å². The summed E-state index contributed by atoms with van der Waals surface area (Å²) in [6.45, 7) is 2.06. The fourth-order valence-electron chi connectivity index (χ4n) is 2.89. The van der Waals surface area contributed by atoms with E-state index in [4.69, 9.17) is 4.74 Å². The molecule has 0 atom stereocenters. The van der Waals surface area contributed by atoms with Gasteiger partial charge >= 0.3 is 0 Å². The third-order valence-electron chi connectivity index (χ3n) is 4.50. The number of aliphatic imine (C=N–C) groups is 1. The van der Waals surface area contributed by atoms with Crippen molar-refractivity contribution in [1.82, 2.24) is 15.6 Å². The lowest BCUT2D eigenvalue weighted by Crippen LogP contribution is -2.37. The van der Waals surface area contributed by atoms with Crippen LogP contribution in [0.15, 0.2) is 84.0 Å². The number of benzene rings is 2. The van der Waals surface area contributed by atoms with Gasteiger partial charge in [-0.2, -0.15) is 0 Å². The number of guanidine groups is 1. The molecule has 30 heavy (non-hydrogen) atoms. The molecule has 0 aliphatic carbocycles. The molecular formula is C24H29IN4O. The Morgan fingerprint density at radius 2 is 1.67 bits per heavy atom. The Morgan fingerprint density at radius 3 is 2.37 bits per heavy atom. The Morgan fingerprint density at radius 1 is 0.900 bits per heavy atom. The van der Waals surface area contributed by atoms with E-state index >= 15 is 0 Å². The van der Waals surface area contributed by atoms with Crippen LogP contribution in [-0.2, 0) is 19.6 Å². The van der Waals surface area contributed by atoms with Crippen LogP contribution in [0.4, 0.5) is 0 Å². The van der Waals surface area contributed by atoms with Crippen LogP contribution in [0.25, 0.3) is 0 Å². The van der Waals surface area contributed by atoms with Crippen molar-refractivity contribution in [3.05, 3.63) is 95.8 Å². The number of nitrogens with zero attached hydrogens (tertiary/aromatic N) is 2. The Kier molecular flexibility index (Phi) is 10.7. The highest BCUT2D eigenvalue weighted by Gasteiger charge is 2.01. The van der Waals surface area contributed by atoms with Gasteiger partial charge in [-0.3, -0.25) is 9.98 Å². The zero-order valence-corrected chi connectivity index (χ0v) is 19.6. The highest BCUT2D eigenvalue weighted by Crippen LogP contribution is 2.13. The van der Waals surface area contributed by atoms with E-state index in [0.29, 0.717) is 13.2 Å². The smallest absolute Gasteiger partial charge is 0.191 e. The number of pyridine rings is 1. The fourth-order valence-corrected chi connectivity index (χ4v) is 2.89. The lowest BCUT2D eigenvalue weighted by molar-refractivity contribution is 0.301.